The Balaban J connectivity index is 1.81. The van der Waals surface area contributed by atoms with Crippen molar-refractivity contribution in [3.05, 3.63) is 18.3 Å². The van der Waals surface area contributed by atoms with E-state index in [1.807, 2.05) is 0 Å². The molecule has 0 aromatic carbocycles. The molecule has 1 aromatic rings. The summed E-state index contributed by atoms with van der Waals surface area (Å²) in [6.45, 7) is 2.31. The molecule has 0 saturated carbocycles. The van der Waals surface area contributed by atoms with Crippen LogP contribution < -0.4 is 5.73 Å². The highest BCUT2D eigenvalue weighted by Gasteiger charge is 2.38. The molecule has 6 nitrogen and oxygen atoms in total. The van der Waals surface area contributed by atoms with Crippen molar-refractivity contribution in [2.75, 3.05) is 32.4 Å². The number of fused-ring (bicyclic) bond motifs is 1. The van der Waals surface area contributed by atoms with Crippen molar-refractivity contribution in [2.24, 2.45) is 5.92 Å². The monoisotopic (exact) mass is 310 g/mol. The first kappa shape index (κ1) is 14.7. The second kappa shape index (κ2) is 5.55. The van der Waals surface area contributed by atoms with Crippen molar-refractivity contribution in [3.63, 3.8) is 0 Å². The Morgan fingerprint density at radius 3 is 2.90 bits per heavy atom. The van der Waals surface area contributed by atoms with E-state index >= 15 is 0 Å². The average Bonchev–Trinajstić information content (AvgIpc) is 2.47. The van der Waals surface area contributed by atoms with Crippen molar-refractivity contribution >= 4 is 15.8 Å². The molecule has 0 bridgehead atoms. The van der Waals surface area contributed by atoms with E-state index in [4.69, 9.17) is 5.73 Å². The number of rotatable bonds is 2. The van der Waals surface area contributed by atoms with Gasteiger partial charge in [-0.25, -0.2) is 13.4 Å². The highest BCUT2D eigenvalue weighted by molar-refractivity contribution is 7.89. The molecule has 116 valence electrons. The Kier molecular flexibility index (Phi) is 3.90. The van der Waals surface area contributed by atoms with Gasteiger partial charge in [0.05, 0.1) is 4.90 Å². The minimum Gasteiger partial charge on any atom is -0.384 e. The van der Waals surface area contributed by atoms with E-state index in [9.17, 15) is 8.42 Å². The number of nitrogens with two attached hydrogens (primary N) is 1. The van der Waals surface area contributed by atoms with E-state index in [1.54, 1.807) is 4.31 Å². The molecule has 2 aliphatic heterocycles. The van der Waals surface area contributed by atoms with Gasteiger partial charge in [0.15, 0.2) is 0 Å². The lowest BCUT2D eigenvalue weighted by Gasteiger charge is -2.45. The zero-order valence-electron chi connectivity index (χ0n) is 12.3. The number of hydrogen-bond acceptors (Lipinski definition) is 5. The molecule has 3 rings (SSSR count). The lowest BCUT2D eigenvalue weighted by molar-refractivity contribution is 0.0671. The van der Waals surface area contributed by atoms with E-state index in [2.05, 4.69) is 16.9 Å². The predicted octanol–water partition coefficient (Wildman–Crippen LogP) is 0.769. The molecule has 2 fully saturated rings. The number of aromatic nitrogens is 1. The van der Waals surface area contributed by atoms with Crippen molar-refractivity contribution in [3.8, 4) is 0 Å². The zero-order valence-corrected chi connectivity index (χ0v) is 13.1. The smallest absolute Gasteiger partial charge is 0.243 e. The summed E-state index contributed by atoms with van der Waals surface area (Å²) in [6, 6.07) is 3.48. The third kappa shape index (κ3) is 2.77. The predicted molar refractivity (Wildman–Crippen MR) is 81.2 cm³/mol. The van der Waals surface area contributed by atoms with Crippen molar-refractivity contribution in [1.82, 2.24) is 14.2 Å². The Labute approximate surface area is 126 Å². The van der Waals surface area contributed by atoms with Crippen LogP contribution in [-0.2, 0) is 10.0 Å². The lowest BCUT2D eigenvalue weighted by atomic mass is 9.85. The molecule has 2 unspecified atom stereocenters. The largest absolute Gasteiger partial charge is 0.384 e. The number of sulfonamides is 1. The van der Waals surface area contributed by atoms with Gasteiger partial charge >= 0.3 is 0 Å². The quantitative estimate of drug-likeness (QED) is 0.873. The van der Waals surface area contributed by atoms with Gasteiger partial charge in [0.25, 0.3) is 0 Å². The first-order valence-electron chi connectivity index (χ1n) is 7.40. The average molecular weight is 310 g/mol. The SMILES string of the molecule is CN1CCCC2CN(S(=O)(=O)c3ccnc(N)c3)CCC21. The van der Waals surface area contributed by atoms with Crippen LogP contribution in [0.5, 0.6) is 0 Å². The number of nitrogens with zero attached hydrogens (tertiary/aromatic N) is 3. The summed E-state index contributed by atoms with van der Waals surface area (Å²) in [5.41, 5.74) is 5.61. The van der Waals surface area contributed by atoms with E-state index in [0.29, 0.717) is 25.0 Å². The van der Waals surface area contributed by atoms with Gasteiger partial charge in [-0.3, -0.25) is 0 Å². The van der Waals surface area contributed by atoms with E-state index in [0.717, 1.165) is 25.8 Å². The highest BCUT2D eigenvalue weighted by atomic mass is 32.2. The molecule has 2 saturated heterocycles. The minimum absolute atomic E-state index is 0.239. The summed E-state index contributed by atoms with van der Waals surface area (Å²) in [7, 11) is -1.31. The van der Waals surface area contributed by atoms with Crippen LogP contribution in [0.2, 0.25) is 0 Å². The van der Waals surface area contributed by atoms with E-state index in [-0.39, 0.29) is 10.7 Å². The summed E-state index contributed by atoms with van der Waals surface area (Å²) in [5.74, 6) is 0.676. The second-order valence-electron chi connectivity index (χ2n) is 6.02. The van der Waals surface area contributed by atoms with Crippen LogP contribution >= 0.6 is 0 Å². The van der Waals surface area contributed by atoms with Crippen LogP contribution in [-0.4, -0.2) is 55.3 Å². The normalized spacial score (nSPS) is 28.2. The first-order valence-corrected chi connectivity index (χ1v) is 8.84. The second-order valence-corrected chi connectivity index (χ2v) is 7.96. The van der Waals surface area contributed by atoms with Gasteiger partial charge in [-0.05, 0) is 44.8 Å². The van der Waals surface area contributed by atoms with Crippen molar-refractivity contribution in [1.29, 1.82) is 0 Å². The summed E-state index contributed by atoms with van der Waals surface area (Å²) >= 11 is 0. The van der Waals surface area contributed by atoms with Gasteiger partial charge in [0, 0.05) is 31.4 Å². The van der Waals surface area contributed by atoms with Crippen LogP contribution in [0, 0.1) is 5.92 Å². The van der Waals surface area contributed by atoms with Gasteiger partial charge in [0.2, 0.25) is 10.0 Å². The summed E-state index contributed by atoms with van der Waals surface area (Å²) < 4.78 is 27.1. The lowest BCUT2D eigenvalue weighted by Crippen LogP contribution is -2.53. The van der Waals surface area contributed by atoms with Crippen LogP contribution in [0.15, 0.2) is 23.2 Å². The van der Waals surface area contributed by atoms with Crippen LogP contribution in [0.4, 0.5) is 5.82 Å². The molecule has 1 aromatic heterocycles. The van der Waals surface area contributed by atoms with E-state index < -0.39 is 10.0 Å². The molecule has 0 radical (unpaired) electrons. The maximum Gasteiger partial charge on any atom is 0.243 e. The fraction of sp³-hybridized carbons (Fsp3) is 0.643. The Hall–Kier alpha value is -1.18. The molecule has 2 N–H and O–H groups in total. The molecule has 0 spiro atoms. The summed E-state index contributed by atoms with van der Waals surface area (Å²) in [5, 5.41) is 0. The van der Waals surface area contributed by atoms with E-state index in [1.165, 1.54) is 18.3 Å². The third-order valence-corrected chi connectivity index (χ3v) is 6.56. The van der Waals surface area contributed by atoms with Crippen LogP contribution in [0.25, 0.3) is 0 Å². The van der Waals surface area contributed by atoms with Crippen molar-refractivity contribution in [2.45, 2.75) is 30.2 Å². The molecule has 2 aliphatic rings. The zero-order chi connectivity index (χ0) is 15.0. The molecule has 3 heterocycles. The first-order chi connectivity index (χ1) is 9.98. The molecular formula is C14H22N4O2S. The maximum atomic E-state index is 12.7. The third-order valence-electron chi connectivity index (χ3n) is 4.70. The van der Waals surface area contributed by atoms with Gasteiger partial charge < -0.3 is 10.6 Å². The molecule has 0 aliphatic carbocycles. The van der Waals surface area contributed by atoms with Gasteiger partial charge in [-0.15, -0.1) is 0 Å². The minimum atomic E-state index is -3.46. The van der Waals surface area contributed by atoms with Crippen LogP contribution in [0.3, 0.4) is 0 Å². The maximum absolute atomic E-state index is 12.7. The van der Waals surface area contributed by atoms with Crippen LogP contribution in [0.1, 0.15) is 19.3 Å². The number of pyridine rings is 1. The number of anilines is 1. The molecule has 2 atom stereocenters. The summed E-state index contributed by atoms with van der Waals surface area (Å²) in [6.07, 6.45) is 4.61. The Morgan fingerprint density at radius 1 is 1.33 bits per heavy atom. The fourth-order valence-corrected chi connectivity index (χ4v) is 5.11. The van der Waals surface area contributed by atoms with Crippen molar-refractivity contribution < 1.29 is 8.42 Å². The number of hydrogen-bond donors (Lipinski definition) is 1. The highest BCUT2D eigenvalue weighted by Crippen LogP contribution is 2.32. The topological polar surface area (TPSA) is 79.5 Å². The molecular weight excluding hydrogens is 288 g/mol. The molecule has 7 heteroatoms. The fourth-order valence-electron chi connectivity index (χ4n) is 3.57. The number of likely N-dealkylation sites (tertiary alicyclic amines) is 1. The van der Waals surface area contributed by atoms with Gasteiger partial charge in [-0.1, -0.05) is 0 Å². The number of nitrogen functional groups attached to an aromatic ring is 1. The standard InChI is InChI=1S/C14H22N4O2S/c1-17-7-2-3-11-10-18(8-5-13(11)17)21(19,20)12-4-6-16-14(15)9-12/h4,6,9,11,13H,2-3,5,7-8,10H2,1H3,(H2,15,16). The summed E-state index contributed by atoms with van der Waals surface area (Å²) in [4.78, 5) is 6.49. The molecule has 21 heavy (non-hydrogen) atoms. The van der Waals surface area contributed by atoms with Gasteiger partial charge in [0.1, 0.15) is 5.82 Å². The Morgan fingerprint density at radius 2 is 2.14 bits per heavy atom. The number of piperidine rings is 2. The molecule has 0 amide bonds. The Bertz CT molecular complexity index is 619. The van der Waals surface area contributed by atoms with Gasteiger partial charge in [-0.2, -0.15) is 4.31 Å².